The van der Waals surface area contributed by atoms with Crippen LogP contribution in [-0.4, -0.2) is 25.8 Å². The fourth-order valence-corrected chi connectivity index (χ4v) is 2.21. The highest BCUT2D eigenvalue weighted by molar-refractivity contribution is 6.30. The van der Waals surface area contributed by atoms with Crippen LogP contribution in [0.3, 0.4) is 0 Å². The maximum Gasteiger partial charge on any atom is 0.274 e. The second kappa shape index (κ2) is 6.81. The van der Waals surface area contributed by atoms with Gasteiger partial charge in [-0.3, -0.25) is 9.78 Å². The van der Waals surface area contributed by atoms with Crippen LogP contribution >= 0.6 is 11.6 Å². The van der Waals surface area contributed by atoms with E-state index in [-0.39, 0.29) is 34.7 Å². The van der Waals surface area contributed by atoms with Crippen LogP contribution in [0.5, 0.6) is 0 Å². The third-order valence-electron chi connectivity index (χ3n) is 3.25. The zero-order valence-electron chi connectivity index (χ0n) is 13.0. The number of carbonyl (C=O) groups excluding carboxylic acids is 1. The molecule has 3 aromatic heterocycles. The Balaban J connectivity index is 1.79. The molecule has 3 N–H and O–H groups in total. The van der Waals surface area contributed by atoms with Crippen molar-refractivity contribution in [3.63, 3.8) is 0 Å². The lowest BCUT2D eigenvalue weighted by Crippen LogP contribution is -2.26. The largest absolute Gasteiger partial charge is 0.443 e. The van der Waals surface area contributed by atoms with Gasteiger partial charge in [0.1, 0.15) is 17.8 Å². The number of amides is 1. The summed E-state index contributed by atoms with van der Waals surface area (Å²) in [5, 5.41) is 2.66. The number of hydrogen-bond donors (Lipinski definition) is 2. The molecule has 0 atom stereocenters. The summed E-state index contributed by atoms with van der Waals surface area (Å²) in [6.07, 6.45) is 4.14. The molecular formula is C15H12ClFN6O2. The molecule has 1 amide bonds. The molecule has 128 valence electrons. The number of halogens is 2. The van der Waals surface area contributed by atoms with E-state index in [4.69, 9.17) is 21.8 Å². The van der Waals surface area contributed by atoms with Crippen LogP contribution < -0.4 is 11.1 Å². The first kappa shape index (κ1) is 16.8. The number of anilines is 1. The topological polar surface area (TPSA) is 120 Å². The van der Waals surface area contributed by atoms with Gasteiger partial charge in [-0.2, -0.15) is 0 Å². The Bertz CT molecular complexity index is 932. The monoisotopic (exact) mass is 362 g/mol. The number of carbonyl (C=O) groups is 1. The lowest BCUT2D eigenvalue weighted by atomic mass is 10.2. The molecule has 0 unspecified atom stereocenters. The molecule has 0 aromatic carbocycles. The maximum absolute atomic E-state index is 13.7. The Kier molecular flexibility index (Phi) is 4.57. The van der Waals surface area contributed by atoms with Crippen molar-refractivity contribution in [3.05, 3.63) is 52.6 Å². The molecule has 3 heterocycles. The Labute approximate surface area is 146 Å². The van der Waals surface area contributed by atoms with E-state index < -0.39 is 11.7 Å². The molecule has 0 radical (unpaired) electrons. The summed E-state index contributed by atoms with van der Waals surface area (Å²) >= 11 is 5.63. The molecule has 8 nitrogen and oxygen atoms in total. The fourth-order valence-electron chi connectivity index (χ4n) is 2.06. The minimum Gasteiger partial charge on any atom is -0.443 e. The van der Waals surface area contributed by atoms with Gasteiger partial charge in [0, 0.05) is 6.20 Å². The Hall–Kier alpha value is -3.07. The lowest BCUT2D eigenvalue weighted by Gasteiger charge is -2.09. The highest BCUT2D eigenvalue weighted by Gasteiger charge is 2.19. The van der Waals surface area contributed by atoms with Crippen molar-refractivity contribution in [3.8, 4) is 11.6 Å². The third kappa shape index (κ3) is 3.56. The summed E-state index contributed by atoms with van der Waals surface area (Å²) in [5.74, 6) is -1.08. The Morgan fingerprint density at radius 1 is 1.40 bits per heavy atom. The lowest BCUT2D eigenvalue weighted by molar-refractivity contribution is 0.0945. The van der Waals surface area contributed by atoms with Crippen molar-refractivity contribution in [2.45, 2.75) is 13.5 Å². The number of pyridine rings is 1. The molecule has 10 heteroatoms. The standard InChI is InChI=1S/C15H12ClFN6O2/c1-7-11(15-19-2-3-25-15)23-13(18)12(22-7)14(24)21-6-10-9(17)4-8(16)5-20-10/h2-5H,6H2,1H3,(H2,18,23)(H,21,24). The van der Waals surface area contributed by atoms with Gasteiger partial charge in [-0.15, -0.1) is 0 Å². The van der Waals surface area contributed by atoms with Gasteiger partial charge in [0.15, 0.2) is 11.5 Å². The first-order valence-corrected chi connectivity index (χ1v) is 7.45. The molecule has 0 spiro atoms. The smallest absolute Gasteiger partial charge is 0.274 e. The molecule has 3 aromatic rings. The van der Waals surface area contributed by atoms with E-state index in [0.717, 1.165) is 6.07 Å². The van der Waals surface area contributed by atoms with Crippen LogP contribution in [0, 0.1) is 12.7 Å². The van der Waals surface area contributed by atoms with Gasteiger partial charge in [0.25, 0.3) is 5.91 Å². The second-order valence-electron chi connectivity index (χ2n) is 4.99. The summed E-state index contributed by atoms with van der Waals surface area (Å²) in [6.45, 7) is 1.49. The zero-order valence-corrected chi connectivity index (χ0v) is 13.7. The predicted molar refractivity (Wildman–Crippen MR) is 87.1 cm³/mol. The normalized spacial score (nSPS) is 10.7. The number of nitrogens with zero attached hydrogens (tertiary/aromatic N) is 4. The van der Waals surface area contributed by atoms with E-state index in [9.17, 15) is 9.18 Å². The molecule has 0 fully saturated rings. The molecule has 3 rings (SSSR count). The van der Waals surface area contributed by atoms with Crippen molar-refractivity contribution in [2.75, 3.05) is 5.73 Å². The number of hydrogen-bond acceptors (Lipinski definition) is 7. The average molecular weight is 363 g/mol. The summed E-state index contributed by atoms with van der Waals surface area (Å²) < 4.78 is 18.8. The van der Waals surface area contributed by atoms with Gasteiger partial charge < -0.3 is 15.5 Å². The van der Waals surface area contributed by atoms with E-state index in [0.29, 0.717) is 11.4 Å². The van der Waals surface area contributed by atoms with Crippen LogP contribution in [0.1, 0.15) is 21.9 Å². The third-order valence-corrected chi connectivity index (χ3v) is 3.45. The highest BCUT2D eigenvalue weighted by atomic mass is 35.5. The van der Waals surface area contributed by atoms with Crippen LogP contribution in [0.2, 0.25) is 5.02 Å². The number of rotatable bonds is 4. The number of nitrogen functional groups attached to an aromatic ring is 1. The van der Waals surface area contributed by atoms with Crippen LogP contribution in [-0.2, 0) is 6.54 Å². The van der Waals surface area contributed by atoms with Crippen molar-refractivity contribution in [1.82, 2.24) is 25.3 Å². The Morgan fingerprint density at radius 2 is 2.20 bits per heavy atom. The first-order chi connectivity index (χ1) is 12.0. The van der Waals surface area contributed by atoms with Crippen LogP contribution in [0.4, 0.5) is 10.2 Å². The molecule has 25 heavy (non-hydrogen) atoms. The molecule has 0 saturated heterocycles. The number of oxazole rings is 1. The van der Waals surface area contributed by atoms with E-state index in [2.05, 4.69) is 25.3 Å². The summed E-state index contributed by atoms with van der Waals surface area (Å²) in [4.78, 5) is 28.3. The molecular weight excluding hydrogens is 351 g/mol. The van der Waals surface area contributed by atoms with Gasteiger partial charge in [-0.1, -0.05) is 11.6 Å². The fraction of sp³-hybridized carbons (Fsp3) is 0.133. The molecule has 0 bridgehead atoms. The summed E-state index contributed by atoms with van der Waals surface area (Å²) in [6, 6.07) is 1.11. The van der Waals surface area contributed by atoms with Gasteiger partial charge in [-0.05, 0) is 13.0 Å². The Morgan fingerprint density at radius 3 is 2.88 bits per heavy atom. The van der Waals surface area contributed by atoms with Crippen LogP contribution in [0.15, 0.2) is 29.1 Å². The number of aromatic nitrogens is 4. The van der Waals surface area contributed by atoms with E-state index >= 15 is 0 Å². The zero-order chi connectivity index (χ0) is 18.0. The molecule has 0 aliphatic rings. The van der Waals surface area contributed by atoms with Crippen molar-refractivity contribution in [1.29, 1.82) is 0 Å². The average Bonchev–Trinajstić information content (AvgIpc) is 3.09. The van der Waals surface area contributed by atoms with E-state index in [1.807, 2.05) is 0 Å². The predicted octanol–water partition coefficient (Wildman–Crippen LogP) is 2.14. The molecule has 0 aliphatic heterocycles. The second-order valence-corrected chi connectivity index (χ2v) is 5.43. The van der Waals surface area contributed by atoms with Crippen molar-refractivity contribution in [2.24, 2.45) is 0 Å². The summed E-state index contributed by atoms with van der Waals surface area (Å²) in [5.41, 5.74) is 6.51. The SMILES string of the molecule is Cc1nc(C(=O)NCc2ncc(Cl)cc2F)c(N)nc1-c1ncco1. The maximum atomic E-state index is 13.7. The van der Waals surface area contributed by atoms with E-state index in [1.165, 1.54) is 18.7 Å². The van der Waals surface area contributed by atoms with Gasteiger partial charge in [0.2, 0.25) is 5.89 Å². The quantitative estimate of drug-likeness (QED) is 0.729. The van der Waals surface area contributed by atoms with Gasteiger partial charge >= 0.3 is 0 Å². The number of nitrogens with two attached hydrogens (primary N) is 1. The van der Waals surface area contributed by atoms with Crippen molar-refractivity contribution < 1.29 is 13.6 Å². The van der Waals surface area contributed by atoms with Gasteiger partial charge in [0.05, 0.1) is 29.2 Å². The molecule has 0 saturated carbocycles. The minimum atomic E-state index is -0.623. The van der Waals surface area contributed by atoms with Crippen molar-refractivity contribution >= 4 is 23.3 Å². The minimum absolute atomic E-state index is 0.0393. The molecule has 0 aliphatic carbocycles. The van der Waals surface area contributed by atoms with Crippen LogP contribution in [0.25, 0.3) is 11.6 Å². The first-order valence-electron chi connectivity index (χ1n) is 7.08. The summed E-state index contributed by atoms with van der Waals surface area (Å²) in [7, 11) is 0. The van der Waals surface area contributed by atoms with E-state index in [1.54, 1.807) is 6.92 Å². The van der Waals surface area contributed by atoms with Gasteiger partial charge in [-0.25, -0.2) is 19.3 Å². The highest BCUT2D eigenvalue weighted by Crippen LogP contribution is 2.20. The number of aryl methyl sites for hydroxylation is 1. The number of nitrogens with one attached hydrogen (secondary N) is 1.